The van der Waals surface area contributed by atoms with E-state index in [1.54, 1.807) is 0 Å². The number of aryl methyl sites for hydroxylation is 2. The van der Waals surface area contributed by atoms with E-state index in [1.807, 2.05) is 48.5 Å². The zero-order valence-corrected chi connectivity index (χ0v) is 16.6. The van der Waals surface area contributed by atoms with Crippen molar-refractivity contribution in [1.29, 1.82) is 0 Å². The topological polar surface area (TPSA) is 76.7 Å². The fourth-order valence-corrected chi connectivity index (χ4v) is 3.22. The second-order valence-corrected chi connectivity index (χ2v) is 6.97. The lowest BCUT2D eigenvalue weighted by atomic mass is 10.1. The van der Waals surface area contributed by atoms with Crippen LogP contribution in [0.1, 0.15) is 30.4 Å². The Hall–Kier alpha value is -3.02. The molecule has 2 amide bonds. The predicted molar refractivity (Wildman–Crippen MR) is 111 cm³/mol. The molecule has 0 radical (unpaired) electrons. The van der Waals surface area contributed by atoms with Crippen LogP contribution in [0.5, 0.6) is 11.5 Å². The molecule has 29 heavy (non-hydrogen) atoms. The first-order chi connectivity index (χ1) is 14.2. The molecule has 0 unspecified atom stereocenters. The molecule has 2 aromatic carbocycles. The Morgan fingerprint density at radius 1 is 0.621 bits per heavy atom. The minimum absolute atomic E-state index is 0.00262. The Morgan fingerprint density at radius 2 is 1.07 bits per heavy atom. The lowest BCUT2D eigenvalue weighted by Gasteiger charge is -2.14. The predicted octanol–water partition coefficient (Wildman–Crippen LogP) is 2.65. The van der Waals surface area contributed by atoms with Gasteiger partial charge in [-0.05, 0) is 42.5 Å². The molecule has 0 aliphatic carbocycles. The van der Waals surface area contributed by atoms with Crippen LogP contribution in [-0.4, -0.2) is 38.1 Å². The third kappa shape index (κ3) is 6.82. The Balaban J connectivity index is 1.67. The Bertz CT molecular complexity index is 755. The average molecular weight is 396 g/mol. The van der Waals surface area contributed by atoms with Gasteiger partial charge in [-0.3, -0.25) is 9.59 Å². The van der Waals surface area contributed by atoms with Crippen molar-refractivity contribution < 1.29 is 19.1 Å². The smallest absolute Gasteiger partial charge is 0.220 e. The van der Waals surface area contributed by atoms with Crippen molar-refractivity contribution in [3.63, 3.8) is 0 Å². The van der Waals surface area contributed by atoms with Gasteiger partial charge in [0, 0.05) is 25.9 Å². The maximum atomic E-state index is 12.1. The van der Waals surface area contributed by atoms with Crippen molar-refractivity contribution in [2.45, 2.75) is 32.1 Å². The van der Waals surface area contributed by atoms with Crippen LogP contribution in [0, 0.1) is 0 Å². The SMILES string of the molecule is O=C1CCc2ccccc2OCCOc2ccccc2CCC(=O)NCCCN1. The number of ether oxygens (including phenoxy) is 2. The fraction of sp³-hybridized carbons (Fsp3) is 0.391. The lowest BCUT2D eigenvalue weighted by Crippen LogP contribution is -2.30. The molecule has 154 valence electrons. The van der Waals surface area contributed by atoms with E-state index in [9.17, 15) is 9.59 Å². The number of hydrogen-bond donors (Lipinski definition) is 2. The monoisotopic (exact) mass is 396 g/mol. The fourth-order valence-electron chi connectivity index (χ4n) is 3.22. The van der Waals surface area contributed by atoms with Crippen molar-refractivity contribution in [2.24, 2.45) is 0 Å². The lowest BCUT2D eigenvalue weighted by molar-refractivity contribution is -0.121. The van der Waals surface area contributed by atoms with E-state index in [1.165, 1.54) is 0 Å². The van der Waals surface area contributed by atoms with Crippen LogP contribution in [0.2, 0.25) is 0 Å². The second-order valence-electron chi connectivity index (χ2n) is 6.97. The number of carbonyl (C=O) groups excluding carboxylic acids is 2. The first kappa shape index (κ1) is 20.7. The van der Waals surface area contributed by atoms with E-state index in [-0.39, 0.29) is 11.8 Å². The highest BCUT2D eigenvalue weighted by atomic mass is 16.5. The molecule has 6 nitrogen and oxygen atoms in total. The molecule has 0 saturated carbocycles. The third-order valence-corrected chi connectivity index (χ3v) is 4.78. The first-order valence-corrected chi connectivity index (χ1v) is 10.2. The van der Waals surface area contributed by atoms with E-state index in [2.05, 4.69) is 10.6 Å². The van der Waals surface area contributed by atoms with Crippen molar-refractivity contribution >= 4 is 11.8 Å². The molecule has 1 heterocycles. The number of amides is 2. The van der Waals surface area contributed by atoms with Gasteiger partial charge in [0.25, 0.3) is 0 Å². The molecule has 6 heteroatoms. The summed E-state index contributed by atoms with van der Waals surface area (Å²) >= 11 is 0. The first-order valence-electron chi connectivity index (χ1n) is 10.2. The van der Waals surface area contributed by atoms with E-state index in [4.69, 9.17) is 9.47 Å². The minimum atomic E-state index is 0.00262. The van der Waals surface area contributed by atoms with Gasteiger partial charge in [0.1, 0.15) is 24.7 Å². The standard InChI is InChI=1S/C23H28N2O4/c26-22-12-10-18-6-1-3-8-20(18)28-16-17-29-21-9-4-2-7-19(21)11-13-23(27)25-15-5-14-24-22/h1-4,6-9H,5,10-17H2,(H,24,26)(H,25,27). The molecule has 2 N–H and O–H groups in total. The van der Waals surface area contributed by atoms with Gasteiger partial charge >= 0.3 is 0 Å². The maximum absolute atomic E-state index is 12.1. The molecule has 0 atom stereocenters. The van der Waals surface area contributed by atoms with Gasteiger partial charge in [-0.2, -0.15) is 0 Å². The molecule has 0 bridgehead atoms. The van der Waals surface area contributed by atoms with Gasteiger partial charge in [-0.15, -0.1) is 0 Å². The quantitative estimate of drug-likeness (QED) is 0.718. The van der Waals surface area contributed by atoms with Crippen molar-refractivity contribution in [1.82, 2.24) is 10.6 Å². The maximum Gasteiger partial charge on any atom is 0.220 e. The molecule has 1 aliphatic rings. The molecular weight excluding hydrogens is 368 g/mol. The summed E-state index contributed by atoms with van der Waals surface area (Å²) in [5.74, 6) is 1.57. The number of benzene rings is 2. The second kappa shape index (κ2) is 11.1. The summed E-state index contributed by atoms with van der Waals surface area (Å²) in [6, 6.07) is 15.6. The average Bonchev–Trinajstić information content (AvgIpc) is 2.74. The van der Waals surface area contributed by atoms with E-state index in [0.29, 0.717) is 58.4 Å². The van der Waals surface area contributed by atoms with Crippen molar-refractivity contribution in [2.75, 3.05) is 26.3 Å². The summed E-state index contributed by atoms with van der Waals surface area (Å²) in [5, 5.41) is 5.81. The molecule has 0 spiro atoms. The van der Waals surface area contributed by atoms with Crippen LogP contribution >= 0.6 is 0 Å². The van der Waals surface area contributed by atoms with Crippen LogP contribution in [0.4, 0.5) is 0 Å². The Kier molecular flexibility index (Phi) is 7.92. The highest BCUT2D eigenvalue weighted by Crippen LogP contribution is 2.21. The largest absolute Gasteiger partial charge is 0.490 e. The van der Waals surface area contributed by atoms with Crippen LogP contribution in [-0.2, 0) is 22.4 Å². The number of carbonyl (C=O) groups is 2. The van der Waals surface area contributed by atoms with Gasteiger partial charge in [-0.1, -0.05) is 36.4 Å². The normalized spacial score (nSPS) is 17.0. The Labute approximate surface area is 171 Å². The van der Waals surface area contributed by atoms with Gasteiger partial charge in [0.05, 0.1) is 0 Å². The molecule has 0 aromatic heterocycles. The number of rotatable bonds is 0. The van der Waals surface area contributed by atoms with Crippen LogP contribution in [0.25, 0.3) is 0 Å². The van der Waals surface area contributed by atoms with Gasteiger partial charge < -0.3 is 20.1 Å². The molecule has 0 saturated heterocycles. The highest BCUT2D eigenvalue weighted by Gasteiger charge is 2.10. The highest BCUT2D eigenvalue weighted by molar-refractivity contribution is 5.77. The number of fused-ring (bicyclic) bond motifs is 2. The minimum Gasteiger partial charge on any atom is -0.490 e. The van der Waals surface area contributed by atoms with Crippen LogP contribution in [0.15, 0.2) is 48.5 Å². The van der Waals surface area contributed by atoms with Gasteiger partial charge in [0.2, 0.25) is 11.8 Å². The zero-order chi connectivity index (χ0) is 20.3. The van der Waals surface area contributed by atoms with E-state index < -0.39 is 0 Å². The summed E-state index contributed by atoms with van der Waals surface area (Å²) in [6.07, 6.45) is 2.73. The number of hydrogen-bond acceptors (Lipinski definition) is 4. The zero-order valence-electron chi connectivity index (χ0n) is 16.6. The van der Waals surface area contributed by atoms with E-state index in [0.717, 1.165) is 22.6 Å². The summed E-state index contributed by atoms with van der Waals surface area (Å²) in [4.78, 5) is 24.1. The third-order valence-electron chi connectivity index (χ3n) is 4.78. The summed E-state index contributed by atoms with van der Waals surface area (Å²) < 4.78 is 11.8. The summed E-state index contributed by atoms with van der Waals surface area (Å²) in [7, 11) is 0. The van der Waals surface area contributed by atoms with Crippen molar-refractivity contribution in [3.8, 4) is 11.5 Å². The molecule has 3 rings (SSSR count). The molecule has 1 aliphatic heterocycles. The summed E-state index contributed by atoms with van der Waals surface area (Å²) in [6.45, 7) is 1.90. The van der Waals surface area contributed by atoms with Crippen molar-refractivity contribution in [3.05, 3.63) is 59.7 Å². The van der Waals surface area contributed by atoms with Gasteiger partial charge in [0.15, 0.2) is 0 Å². The van der Waals surface area contributed by atoms with E-state index >= 15 is 0 Å². The number of para-hydroxylation sites is 2. The molecule has 2 aromatic rings. The summed E-state index contributed by atoms with van der Waals surface area (Å²) in [5.41, 5.74) is 2.02. The molecular formula is C23H28N2O4. The number of nitrogens with one attached hydrogen (secondary N) is 2. The van der Waals surface area contributed by atoms with Crippen LogP contribution in [0.3, 0.4) is 0 Å². The van der Waals surface area contributed by atoms with Crippen LogP contribution < -0.4 is 20.1 Å². The molecule has 0 fully saturated rings. The Morgan fingerprint density at radius 3 is 1.55 bits per heavy atom. The van der Waals surface area contributed by atoms with Gasteiger partial charge in [-0.25, -0.2) is 0 Å².